The number of aliphatic carboxylic acids is 2. The quantitative estimate of drug-likeness (QED) is 0.454. The van der Waals surface area contributed by atoms with Gasteiger partial charge in [-0.15, -0.1) is 0 Å². The van der Waals surface area contributed by atoms with Crippen molar-refractivity contribution in [3.63, 3.8) is 0 Å². The fourth-order valence-electron chi connectivity index (χ4n) is 0. The Morgan fingerprint density at radius 1 is 0.923 bits per heavy atom. The minimum Gasteiger partial charge on any atom is -0.479 e. The molecule has 0 spiro atoms. The molecule has 0 aliphatic rings. The molecule has 2 atom stereocenters. The molecule has 2 radical (unpaired) electrons. The van der Waals surface area contributed by atoms with Gasteiger partial charge in [-0.3, -0.25) is 0 Å². The van der Waals surface area contributed by atoms with Crippen LogP contribution in [0.5, 0.6) is 0 Å². The van der Waals surface area contributed by atoms with E-state index in [0.717, 1.165) is 0 Å². The zero-order valence-corrected chi connectivity index (χ0v) is 10.9. The Bertz CT molecular complexity index is 137. The van der Waals surface area contributed by atoms with Crippen LogP contribution in [0.2, 0.25) is 0 Å². The predicted molar refractivity (Wildman–Crippen MR) is 44.4 cm³/mol. The molecule has 0 amide bonds. The second-order valence-electron chi connectivity index (χ2n) is 2.03. The summed E-state index contributed by atoms with van der Waals surface area (Å²) in [4.78, 5) is 18.9. The molecular formula is C6H12O6Sr. The van der Waals surface area contributed by atoms with Crippen LogP contribution >= 0.6 is 0 Å². The third kappa shape index (κ3) is 19.0. The van der Waals surface area contributed by atoms with Crippen LogP contribution in [0.3, 0.4) is 0 Å². The topological polar surface area (TPSA) is 115 Å². The van der Waals surface area contributed by atoms with E-state index < -0.39 is 24.1 Å². The molecule has 2 unspecified atom stereocenters. The molecule has 7 heteroatoms. The van der Waals surface area contributed by atoms with Gasteiger partial charge in [-0.2, -0.15) is 0 Å². The van der Waals surface area contributed by atoms with Gasteiger partial charge in [0.05, 0.1) is 0 Å². The summed E-state index contributed by atoms with van der Waals surface area (Å²) in [6.07, 6.45) is -2.46. The smallest absolute Gasteiger partial charge is 0.332 e. The molecule has 6 nitrogen and oxygen atoms in total. The van der Waals surface area contributed by atoms with Crippen molar-refractivity contribution in [3.05, 3.63) is 0 Å². The van der Waals surface area contributed by atoms with E-state index in [-0.39, 0.29) is 45.5 Å². The Morgan fingerprint density at radius 2 is 1.00 bits per heavy atom. The maximum absolute atomic E-state index is 9.45. The van der Waals surface area contributed by atoms with E-state index in [4.69, 9.17) is 20.4 Å². The van der Waals surface area contributed by atoms with Crippen molar-refractivity contribution < 1.29 is 30.0 Å². The zero-order valence-electron chi connectivity index (χ0n) is 7.47. The molecule has 0 saturated carbocycles. The van der Waals surface area contributed by atoms with Crippen molar-refractivity contribution in [1.29, 1.82) is 0 Å². The number of carboxylic acid groups (broad SMARTS) is 2. The summed E-state index contributed by atoms with van der Waals surface area (Å²) < 4.78 is 0. The molecule has 74 valence electrons. The largest absolute Gasteiger partial charge is 0.479 e. The number of aliphatic hydroxyl groups is 2. The Balaban J connectivity index is -0.000000143. The minimum atomic E-state index is -1.23. The van der Waals surface area contributed by atoms with Crippen molar-refractivity contribution in [2.45, 2.75) is 26.1 Å². The van der Waals surface area contributed by atoms with Crippen LogP contribution in [0, 0.1) is 0 Å². The van der Waals surface area contributed by atoms with Crippen molar-refractivity contribution in [3.8, 4) is 0 Å². The molecule has 13 heavy (non-hydrogen) atoms. The van der Waals surface area contributed by atoms with Crippen molar-refractivity contribution >= 4 is 57.4 Å². The zero-order chi connectivity index (χ0) is 10.3. The summed E-state index contributed by atoms with van der Waals surface area (Å²) in [5, 5.41) is 31.5. The van der Waals surface area contributed by atoms with Crippen molar-refractivity contribution in [2.75, 3.05) is 0 Å². The van der Waals surface area contributed by atoms with Gasteiger partial charge in [0.2, 0.25) is 0 Å². The van der Waals surface area contributed by atoms with Crippen molar-refractivity contribution in [1.82, 2.24) is 0 Å². The number of aliphatic hydroxyl groups excluding tert-OH is 2. The van der Waals surface area contributed by atoms with Gasteiger partial charge in [0, 0.05) is 45.5 Å². The van der Waals surface area contributed by atoms with Gasteiger partial charge in [-0.05, 0) is 13.8 Å². The van der Waals surface area contributed by atoms with Gasteiger partial charge >= 0.3 is 11.9 Å². The van der Waals surface area contributed by atoms with Crippen LogP contribution in [0.4, 0.5) is 0 Å². The third-order valence-electron chi connectivity index (χ3n) is 0.715. The second-order valence-corrected chi connectivity index (χ2v) is 2.03. The Kier molecular flexibility index (Phi) is 15.2. The Morgan fingerprint density at radius 3 is 1.00 bits per heavy atom. The van der Waals surface area contributed by atoms with Crippen molar-refractivity contribution in [2.24, 2.45) is 0 Å². The van der Waals surface area contributed by atoms with Crippen LogP contribution in [0.1, 0.15) is 13.8 Å². The van der Waals surface area contributed by atoms with E-state index in [1.54, 1.807) is 0 Å². The second kappa shape index (κ2) is 10.4. The first-order valence-corrected chi connectivity index (χ1v) is 3.10. The molecule has 0 fully saturated rings. The fourth-order valence-corrected chi connectivity index (χ4v) is 0. The summed E-state index contributed by atoms with van der Waals surface area (Å²) in [5.74, 6) is -2.37. The first-order valence-electron chi connectivity index (χ1n) is 3.10. The molecule has 0 aliphatic carbocycles. The summed E-state index contributed by atoms with van der Waals surface area (Å²) in [6, 6.07) is 0. The van der Waals surface area contributed by atoms with Gasteiger partial charge in [0.15, 0.2) is 0 Å². The van der Waals surface area contributed by atoms with Crippen LogP contribution in [-0.2, 0) is 9.59 Å². The molecule has 0 aromatic carbocycles. The molecular weight excluding hydrogens is 256 g/mol. The number of carbonyl (C=O) groups is 2. The molecule has 4 N–H and O–H groups in total. The average molecular weight is 268 g/mol. The van der Waals surface area contributed by atoms with Gasteiger partial charge in [0.25, 0.3) is 0 Å². The van der Waals surface area contributed by atoms with Crippen LogP contribution in [0.25, 0.3) is 0 Å². The number of carboxylic acids is 2. The summed E-state index contributed by atoms with van der Waals surface area (Å²) in [6.45, 7) is 2.39. The number of hydrogen-bond donors (Lipinski definition) is 4. The number of rotatable bonds is 2. The van der Waals surface area contributed by atoms with Gasteiger partial charge in [0.1, 0.15) is 12.2 Å². The Labute approximate surface area is 112 Å². The molecule has 0 rings (SSSR count). The van der Waals surface area contributed by atoms with Gasteiger partial charge in [-0.25, -0.2) is 9.59 Å². The van der Waals surface area contributed by atoms with Crippen LogP contribution in [0.15, 0.2) is 0 Å². The Hall–Kier alpha value is 0.341. The van der Waals surface area contributed by atoms with Crippen LogP contribution < -0.4 is 0 Å². The normalized spacial score (nSPS) is 12.6. The fraction of sp³-hybridized carbons (Fsp3) is 0.667. The molecule has 0 aliphatic heterocycles. The molecule has 0 heterocycles. The van der Waals surface area contributed by atoms with Crippen LogP contribution in [-0.4, -0.2) is 90.1 Å². The van der Waals surface area contributed by atoms with Gasteiger partial charge < -0.3 is 20.4 Å². The van der Waals surface area contributed by atoms with E-state index >= 15 is 0 Å². The maximum atomic E-state index is 9.45. The minimum absolute atomic E-state index is 0. The third-order valence-corrected chi connectivity index (χ3v) is 0.715. The maximum Gasteiger partial charge on any atom is 0.332 e. The van der Waals surface area contributed by atoms with E-state index in [1.807, 2.05) is 0 Å². The SMILES string of the molecule is CC(O)C(=O)O.CC(O)C(=O)O.[Sr]. The van der Waals surface area contributed by atoms with E-state index in [2.05, 4.69) is 0 Å². The monoisotopic (exact) mass is 268 g/mol. The predicted octanol–water partition coefficient (Wildman–Crippen LogP) is -1.48. The summed E-state index contributed by atoms with van der Waals surface area (Å²) in [5.41, 5.74) is 0. The molecule has 0 aromatic rings. The molecule has 0 aromatic heterocycles. The molecule has 0 bridgehead atoms. The first-order chi connectivity index (χ1) is 5.29. The summed E-state index contributed by atoms with van der Waals surface area (Å²) >= 11 is 0. The molecule has 0 saturated heterocycles. The van der Waals surface area contributed by atoms with Gasteiger partial charge in [-0.1, -0.05) is 0 Å². The van der Waals surface area contributed by atoms with E-state index in [1.165, 1.54) is 13.8 Å². The first kappa shape index (κ1) is 19.0. The standard InChI is InChI=1S/2C3H6O3.Sr/c2*1-2(4)3(5)6;/h2*2,4H,1H3,(H,5,6);. The summed E-state index contributed by atoms with van der Waals surface area (Å²) in [7, 11) is 0. The van der Waals surface area contributed by atoms with E-state index in [0.29, 0.717) is 0 Å². The average Bonchev–Trinajstić information content (AvgIpc) is 1.88. The van der Waals surface area contributed by atoms with E-state index in [9.17, 15) is 9.59 Å². The number of hydrogen-bond acceptors (Lipinski definition) is 4.